The third kappa shape index (κ3) is 5.38. The monoisotopic (exact) mass is 480 g/mol. The summed E-state index contributed by atoms with van der Waals surface area (Å²) in [7, 11) is -2.31. The first-order valence-electron chi connectivity index (χ1n) is 9.55. The van der Waals surface area contributed by atoms with Crippen LogP contribution in [0, 0.1) is 5.41 Å². The number of urea groups is 1. The van der Waals surface area contributed by atoms with Crippen molar-refractivity contribution in [3.05, 3.63) is 53.6 Å². The molecule has 32 heavy (non-hydrogen) atoms. The van der Waals surface area contributed by atoms with Gasteiger partial charge in [-0.25, -0.2) is 13.2 Å². The van der Waals surface area contributed by atoms with Gasteiger partial charge in [0.2, 0.25) is 0 Å². The largest absolute Gasteiger partial charge is 0.469 e. The van der Waals surface area contributed by atoms with Crippen molar-refractivity contribution in [3.8, 4) is 0 Å². The number of carbonyl (C=O) groups is 2. The Morgan fingerprint density at radius 2 is 1.75 bits per heavy atom. The predicted octanol–water partition coefficient (Wildman–Crippen LogP) is 2.35. The summed E-state index contributed by atoms with van der Waals surface area (Å²) < 4.78 is 29.3. The Bertz CT molecular complexity index is 1140. The van der Waals surface area contributed by atoms with E-state index in [4.69, 9.17) is 11.1 Å². The molecule has 0 bridgehead atoms. The van der Waals surface area contributed by atoms with Crippen molar-refractivity contribution in [3.63, 3.8) is 0 Å². The van der Waals surface area contributed by atoms with Crippen molar-refractivity contribution in [2.24, 2.45) is 5.73 Å². The van der Waals surface area contributed by atoms with E-state index in [1.807, 2.05) is 12.1 Å². The molecule has 9 nitrogen and oxygen atoms in total. The molecule has 0 spiro atoms. The van der Waals surface area contributed by atoms with Crippen molar-refractivity contribution in [2.75, 3.05) is 36.3 Å². The van der Waals surface area contributed by atoms with Gasteiger partial charge < -0.3 is 10.5 Å². The number of carbonyl (C=O) groups excluding carboxylic acids is 2. The first-order chi connectivity index (χ1) is 14.6. The molecule has 2 aromatic rings. The number of ether oxygens (including phenoxy) is 1. The van der Waals surface area contributed by atoms with E-state index >= 15 is 0 Å². The first-order valence-corrected chi connectivity index (χ1v) is 11.4. The minimum absolute atomic E-state index is 0. The van der Waals surface area contributed by atoms with Gasteiger partial charge in [-0.15, -0.1) is 12.4 Å². The maximum absolute atomic E-state index is 13.1. The summed E-state index contributed by atoms with van der Waals surface area (Å²) in [5.41, 5.74) is 7.64. The summed E-state index contributed by atoms with van der Waals surface area (Å²) in [6.45, 7) is 0.697. The van der Waals surface area contributed by atoms with Gasteiger partial charge in [0, 0.05) is 37.0 Å². The fourth-order valence-electron chi connectivity index (χ4n) is 3.39. The molecule has 1 saturated heterocycles. The molecular weight excluding hydrogens is 456 g/mol. The molecule has 1 aliphatic heterocycles. The molecular formula is C21H25ClN4O5S. The number of esters is 1. The van der Waals surface area contributed by atoms with E-state index in [1.165, 1.54) is 30.2 Å². The number of amidine groups is 1. The Hall–Kier alpha value is -3.11. The van der Waals surface area contributed by atoms with E-state index in [2.05, 4.69) is 4.74 Å². The lowest BCUT2D eigenvalue weighted by Gasteiger charge is -2.21. The van der Waals surface area contributed by atoms with E-state index < -0.39 is 9.84 Å². The topological polar surface area (TPSA) is 134 Å². The van der Waals surface area contributed by atoms with Gasteiger partial charge in [0.1, 0.15) is 5.84 Å². The molecule has 1 fully saturated rings. The van der Waals surface area contributed by atoms with Crippen molar-refractivity contribution < 1.29 is 22.7 Å². The van der Waals surface area contributed by atoms with Gasteiger partial charge in [-0.3, -0.25) is 20.0 Å². The maximum Gasteiger partial charge on any atom is 0.329 e. The summed E-state index contributed by atoms with van der Waals surface area (Å²) >= 11 is 0. The lowest BCUT2D eigenvalue weighted by atomic mass is 10.1. The SMILES string of the molecule is COC(=O)CCc1ccc(N2CCN(c3ccc(C(=N)N)cc3S(C)(=O)=O)C2=O)cc1.Cl. The normalized spacial score (nSPS) is 13.6. The fourth-order valence-corrected chi connectivity index (χ4v) is 4.29. The number of rotatable bonds is 7. The Kier molecular flexibility index (Phi) is 7.87. The minimum atomic E-state index is -3.66. The van der Waals surface area contributed by atoms with Gasteiger partial charge in [-0.2, -0.15) is 0 Å². The smallest absolute Gasteiger partial charge is 0.329 e. The van der Waals surface area contributed by atoms with Crippen LogP contribution < -0.4 is 15.5 Å². The molecule has 0 atom stereocenters. The molecule has 3 rings (SSSR count). The van der Waals surface area contributed by atoms with Crippen molar-refractivity contribution >= 4 is 51.5 Å². The molecule has 1 aliphatic rings. The van der Waals surface area contributed by atoms with Crippen LogP contribution in [0.5, 0.6) is 0 Å². The van der Waals surface area contributed by atoms with Gasteiger partial charge >= 0.3 is 12.0 Å². The predicted molar refractivity (Wildman–Crippen MR) is 125 cm³/mol. The third-order valence-corrected chi connectivity index (χ3v) is 6.19. The van der Waals surface area contributed by atoms with Crippen LogP contribution in [0.15, 0.2) is 47.4 Å². The minimum Gasteiger partial charge on any atom is -0.469 e. The number of anilines is 2. The number of sulfone groups is 1. The highest BCUT2D eigenvalue weighted by atomic mass is 35.5. The second-order valence-electron chi connectivity index (χ2n) is 7.20. The summed E-state index contributed by atoms with van der Waals surface area (Å²) in [4.78, 5) is 27.3. The number of aryl methyl sites for hydroxylation is 1. The van der Waals surface area contributed by atoms with Crippen LogP contribution in [0.1, 0.15) is 17.5 Å². The van der Waals surface area contributed by atoms with E-state index in [9.17, 15) is 18.0 Å². The molecule has 0 saturated carbocycles. The molecule has 11 heteroatoms. The van der Waals surface area contributed by atoms with Gasteiger partial charge in [-0.05, 0) is 42.3 Å². The van der Waals surface area contributed by atoms with Gasteiger partial charge in [0.15, 0.2) is 9.84 Å². The number of halogens is 1. The van der Waals surface area contributed by atoms with Gasteiger partial charge in [-0.1, -0.05) is 12.1 Å². The van der Waals surface area contributed by atoms with E-state index in [0.717, 1.165) is 11.8 Å². The highest BCUT2D eigenvalue weighted by molar-refractivity contribution is 7.90. The zero-order chi connectivity index (χ0) is 22.8. The molecule has 0 unspecified atom stereocenters. The van der Waals surface area contributed by atoms with E-state index in [-0.39, 0.29) is 52.8 Å². The van der Waals surface area contributed by atoms with Crippen molar-refractivity contribution in [2.45, 2.75) is 17.7 Å². The number of hydrogen-bond acceptors (Lipinski definition) is 6. The number of nitrogen functional groups attached to an aromatic ring is 1. The lowest BCUT2D eigenvalue weighted by Crippen LogP contribution is -2.32. The Balaban J connectivity index is 0.00000363. The molecule has 0 radical (unpaired) electrons. The molecule has 2 aromatic carbocycles. The maximum atomic E-state index is 13.1. The number of benzene rings is 2. The number of amides is 2. The Morgan fingerprint density at radius 3 is 2.31 bits per heavy atom. The Labute approximate surface area is 193 Å². The average Bonchev–Trinajstić information content (AvgIpc) is 3.12. The number of hydrogen-bond donors (Lipinski definition) is 2. The van der Waals surface area contributed by atoms with Gasteiger partial charge in [0.05, 0.1) is 17.7 Å². The molecule has 0 aromatic heterocycles. The number of nitrogens with two attached hydrogens (primary N) is 1. The second kappa shape index (κ2) is 10.0. The molecule has 2 amide bonds. The molecule has 3 N–H and O–H groups in total. The van der Waals surface area contributed by atoms with Crippen LogP contribution in [0.3, 0.4) is 0 Å². The highest BCUT2D eigenvalue weighted by Crippen LogP contribution is 2.31. The quantitative estimate of drug-likeness (QED) is 0.355. The first kappa shape index (κ1) is 25.2. The molecule has 0 aliphatic carbocycles. The van der Waals surface area contributed by atoms with Crippen LogP contribution in [0.25, 0.3) is 0 Å². The van der Waals surface area contributed by atoms with Crippen LogP contribution in [-0.2, 0) is 25.8 Å². The van der Waals surface area contributed by atoms with Crippen LogP contribution in [0.2, 0.25) is 0 Å². The van der Waals surface area contributed by atoms with E-state index in [1.54, 1.807) is 17.0 Å². The highest BCUT2D eigenvalue weighted by Gasteiger charge is 2.33. The zero-order valence-corrected chi connectivity index (χ0v) is 19.3. The summed E-state index contributed by atoms with van der Waals surface area (Å²) in [6.07, 6.45) is 1.87. The zero-order valence-electron chi connectivity index (χ0n) is 17.7. The number of methoxy groups -OCH3 is 1. The fraction of sp³-hybridized carbons (Fsp3) is 0.286. The number of nitrogens with one attached hydrogen (secondary N) is 1. The third-order valence-electron chi connectivity index (χ3n) is 5.06. The summed E-state index contributed by atoms with van der Waals surface area (Å²) in [5.74, 6) is -0.537. The summed E-state index contributed by atoms with van der Waals surface area (Å²) in [6, 6.07) is 11.3. The standard InChI is InChI=1S/C21H24N4O5S.ClH/c1-30-19(26)10-5-14-3-7-16(8-4-14)24-11-12-25(21(24)27)17-9-6-15(20(22)23)13-18(17)31(2,28)29;/h3-4,6-9,13H,5,10-12H2,1-2H3,(H3,22,23);1H. The van der Waals surface area contributed by atoms with Crippen molar-refractivity contribution in [1.29, 1.82) is 5.41 Å². The van der Waals surface area contributed by atoms with Crippen LogP contribution in [0.4, 0.5) is 16.2 Å². The van der Waals surface area contributed by atoms with E-state index in [0.29, 0.717) is 25.2 Å². The summed E-state index contributed by atoms with van der Waals surface area (Å²) in [5, 5.41) is 7.55. The van der Waals surface area contributed by atoms with Crippen LogP contribution in [-0.4, -0.2) is 52.7 Å². The van der Waals surface area contributed by atoms with Crippen LogP contribution >= 0.6 is 12.4 Å². The Morgan fingerprint density at radius 1 is 1.12 bits per heavy atom. The second-order valence-corrected chi connectivity index (χ2v) is 9.18. The molecule has 172 valence electrons. The average molecular weight is 481 g/mol. The molecule has 1 heterocycles. The van der Waals surface area contributed by atoms with Gasteiger partial charge in [0.25, 0.3) is 0 Å². The lowest BCUT2D eigenvalue weighted by molar-refractivity contribution is -0.140. The number of nitrogens with zero attached hydrogens (tertiary/aromatic N) is 2. The van der Waals surface area contributed by atoms with Crippen molar-refractivity contribution in [1.82, 2.24) is 0 Å².